The summed E-state index contributed by atoms with van der Waals surface area (Å²) in [5, 5.41) is 5.73. The molecule has 2 aromatic heterocycles. The van der Waals surface area contributed by atoms with Crippen LogP contribution in [0.1, 0.15) is 33.5 Å². The predicted octanol–water partition coefficient (Wildman–Crippen LogP) is 3.14. The lowest BCUT2D eigenvalue weighted by Crippen LogP contribution is -2.15. The van der Waals surface area contributed by atoms with Crippen LogP contribution in [0.5, 0.6) is 0 Å². The first kappa shape index (κ1) is 16.4. The molecule has 0 bridgehead atoms. The van der Waals surface area contributed by atoms with Crippen LogP contribution in [0.3, 0.4) is 0 Å². The molecule has 2 N–H and O–H groups in total. The zero-order valence-electron chi connectivity index (χ0n) is 13.5. The van der Waals surface area contributed by atoms with E-state index in [2.05, 4.69) is 20.6 Å². The molecule has 0 fully saturated rings. The highest BCUT2D eigenvalue weighted by Gasteiger charge is 2.10. The van der Waals surface area contributed by atoms with Crippen molar-refractivity contribution < 1.29 is 14.0 Å². The van der Waals surface area contributed by atoms with Crippen LogP contribution in [0, 0.1) is 0 Å². The topological polar surface area (TPSA) is 97.1 Å². The minimum Gasteiger partial charge on any atom is -0.467 e. The van der Waals surface area contributed by atoms with Crippen molar-refractivity contribution in [3.05, 3.63) is 71.9 Å². The Labute approximate surface area is 144 Å². The van der Waals surface area contributed by atoms with Crippen molar-refractivity contribution in [3.63, 3.8) is 0 Å². The highest BCUT2D eigenvalue weighted by atomic mass is 16.3. The van der Waals surface area contributed by atoms with Gasteiger partial charge in [-0.05, 0) is 49.4 Å². The Morgan fingerprint density at radius 3 is 2.60 bits per heavy atom. The number of carbonyl (C=O) groups excluding carboxylic acids is 2. The summed E-state index contributed by atoms with van der Waals surface area (Å²) in [5.41, 5.74) is 1.40. The number of hydrogen-bond donors (Lipinski definition) is 2. The van der Waals surface area contributed by atoms with Crippen molar-refractivity contribution >= 4 is 23.3 Å². The maximum atomic E-state index is 12.3. The van der Waals surface area contributed by atoms with Gasteiger partial charge in [-0.1, -0.05) is 0 Å². The smallest absolute Gasteiger partial charge is 0.274 e. The molecular weight excluding hydrogens is 320 g/mol. The summed E-state index contributed by atoms with van der Waals surface area (Å²) < 4.78 is 5.22. The number of carbonyl (C=O) groups is 2. The third-order valence-electron chi connectivity index (χ3n) is 3.44. The first-order chi connectivity index (χ1) is 12.1. The molecule has 1 aromatic carbocycles. The zero-order chi connectivity index (χ0) is 17.6. The van der Waals surface area contributed by atoms with E-state index < -0.39 is 0 Å². The van der Waals surface area contributed by atoms with E-state index >= 15 is 0 Å². The average Bonchev–Trinajstić information content (AvgIpc) is 3.14. The van der Waals surface area contributed by atoms with E-state index in [9.17, 15) is 9.59 Å². The van der Waals surface area contributed by atoms with E-state index in [4.69, 9.17) is 4.42 Å². The lowest BCUT2D eigenvalue weighted by molar-refractivity contribution is 0.101. The molecule has 0 radical (unpaired) electrons. The second-order valence-corrected chi connectivity index (χ2v) is 5.29. The maximum Gasteiger partial charge on any atom is 0.274 e. The summed E-state index contributed by atoms with van der Waals surface area (Å²) in [7, 11) is 0. The summed E-state index contributed by atoms with van der Waals surface area (Å²) in [6.45, 7) is 1.91. The van der Waals surface area contributed by atoms with Crippen LogP contribution in [0.2, 0.25) is 0 Å². The van der Waals surface area contributed by atoms with Gasteiger partial charge < -0.3 is 15.1 Å². The predicted molar refractivity (Wildman–Crippen MR) is 92.5 cm³/mol. The minimum absolute atomic E-state index is 0.0269. The minimum atomic E-state index is -0.362. The summed E-state index contributed by atoms with van der Waals surface area (Å²) in [4.78, 5) is 31.8. The molecule has 0 saturated heterocycles. The van der Waals surface area contributed by atoms with Crippen LogP contribution >= 0.6 is 0 Å². The molecule has 25 heavy (non-hydrogen) atoms. The van der Waals surface area contributed by atoms with Crippen molar-refractivity contribution in [1.82, 2.24) is 9.97 Å². The van der Waals surface area contributed by atoms with Gasteiger partial charge in [-0.15, -0.1) is 0 Å². The average molecular weight is 336 g/mol. The van der Waals surface area contributed by atoms with Crippen LogP contribution in [-0.4, -0.2) is 21.7 Å². The molecule has 0 aliphatic heterocycles. The third kappa shape index (κ3) is 4.29. The molecule has 0 saturated carbocycles. The number of nitrogens with one attached hydrogen (secondary N) is 2. The van der Waals surface area contributed by atoms with Crippen LogP contribution in [0.15, 0.2) is 59.3 Å². The maximum absolute atomic E-state index is 12.3. The van der Waals surface area contributed by atoms with Crippen molar-refractivity contribution in [2.75, 3.05) is 10.6 Å². The van der Waals surface area contributed by atoms with E-state index in [-0.39, 0.29) is 17.4 Å². The van der Waals surface area contributed by atoms with E-state index in [0.717, 1.165) is 5.76 Å². The number of furan rings is 1. The zero-order valence-corrected chi connectivity index (χ0v) is 13.5. The van der Waals surface area contributed by atoms with E-state index in [1.54, 1.807) is 36.6 Å². The molecule has 0 atom stereocenters. The molecule has 3 rings (SSSR count). The van der Waals surface area contributed by atoms with Crippen LogP contribution in [0.25, 0.3) is 0 Å². The number of aromatic nitrogens is 2. The van der Waals surface area contributed by atoms with Crippen molar-refractivity contribution in [2.45, 2.75) is 13.5 Å². The number of ketones is 1. The first-order valence-corrected chi connectivity index (χ1v) is 7.63. The van der Waals surface area contributed by atoms with Gasteiger partial charge >= 0.3 is 0 Å². The molecule has 0 aliphatic rings. The molecule has 2 heterocycles. The third-order valence-corrected chi connectivity index (χ3v) is 3.44. The van der Waals surface area contributed by atoms with Gasteiger partial charge in [0.1, 0.15) is 11.5 Å². The van der Waals surface area contributed by atoms with Crippen molar-refractivity contribution in [3.8, 4) is 0 Å². The fourth-order valence-corrected chi connectivity index (χ4v) is 2.13. The number of Topliss-reactive ketones (excluding diaryl/α,β-unsaturated/α-hetero) is 1. The van der Waals surface area contributed by atoms with E-state index in [0.29, 0.717) is 23.7 Å². The fourth-order valence-electron chi connectivity index (χ4n) is 2.13. The molecule has 0 spiro atoms. The molecule has 0 unspecified atom stereocenters. The van der Waals surface area contributed by atoms with Crippen LogP contribution in [-0.2, 0) is 6.54 Å². The van der Waals surface area contributed by atoms with Gasteiger partial charge in [-0.3, -0.25) is 9.59 Å². The van der Waals surface area contributed by atoms with Gasteiger partial charge in [-0.25, -0.2) is 9.97 Å². The Kier molecular flexibility index (Phi) is 4.84. The van der Waals surface area contributed by atoms with E-state index in [1.807, 2.05) is 6.07 Å². The van der Waals surface area contributed by atoms with Gasteiger partial charge in [0.05, 0.1) is 12.8 Å². The fraction of sp³-hybridized carbons (Fsp3) is 0.111. The van der Waals surface area contributed by atoms with Crippen molar-refractivity contribution in [1.29, 1.82) is 0 Å². The number of nitrogens with zero attached hydrogens (tertiary/aromatic N) is 2. The Morgan fingerprint density at radius 1 is 1.12 bits per heavy atom. The number of rotatable bonds is 6. The number of anilines is 2. The highest BCUT2D eigenvalue weighted by Crippen LogP contribution is 2.12. The van der Waals surface area contributed by atoms with Gasteiger partial charge in [0.25, 0.3) is 5.91 Å². The largest absolute Gasteiger partial charge is 0.467 e. The lowest BCUT2D eigenvalue weighted by atomic mass is 10.1. The molecule has 7 heteroatoms. The Morgan fingerprint density at radius 2 is 1.92 bits per heavy atom. The molecular formula is C18H16N4O3. The van der Waals surface area contributed by atoms with Gasteiger partial charge in [0.15, 0.2) is 5.78 Å². The Hall–Kier alpha value is -3.48. The van der Waals surface area contributed by atoms with E-state index in [1.165, 1.54) is 19.2 Å². The summed E-state index contributed by atoms with van der Waals surface area (Å²) in [5.74, 6) is 0.681. The summed E-state index contributed by atoms with van der Waals surface area (Å²) in [6.07, 6.45) is 3.09. The normalized spacial score (nSPS) is 10.3. The summed E-state index contributed by atoms with van der Waals surface area (Å²) in [6, 6.07) is 11.8. The number of amides is 1. The Balaban J connectivity index is 1.65. The molecule has 7 nitrogen and oxygen atoms in total. The lowest BCUT2D eigenvalue weighted by Gasteiger charge is -2.07. The quantitative estimate of drug-likeness (QED) is 0.671. The van der Waals surface area contributed by atoms with Crippen LogP contribution in [0.4, 0.5) is 11.6 Å². The molecule has 1 amide bonds. The van der Waals surface area contributed by atoms with Gasteiger partial charge in [0.2, 0.25) is 5.95 Å². The van der Waals surface area contributed by atoms with Gasteiger partial charge in [0, 0.05) is 17.4 Å². The highest BCUT2D eigenvalue weighted by molar-refractivity contribution is 6.03. The monoisotopic (exact) mass is 336 g/mol. The molecule has 126 valence electrons. The van der Waals surface area contributed by atoms with Gasteiger partial charge in [-0.2, -0.15) is 0 Å². The molecule has 0 aliphatic carbocycles. The van der Waals surface area contributed by atoms with Crippen LogP contribution < -0.4 is 10.6 Å². The van der Waals surface area contributed by atoms with Crippen molar-refractivity contribution in [2.24, 2.45) is 0 Å². The first-order valence-electron chi connectivity index (χ1n) is 7.63. The second-order valence-electron chi connectivity index (χ2n) is 5.29. The SMILES string of the molecule is CC(=O)c1ccc(NC(=O)c2ccnc(NCc3ccco3)n2)cc1. The number of benzene rings is 1. The molecule has 3 aromatic rings. The Bertz CT molecular complexity index is 874. The summed E-state index contributed by atoms with van der Waals surface area (Å²) >= 11 is 0. The number of hydrogen-bond acceptors (Lipinski definition) is 6. The standard InChI is InChI=1S/C18H16N4O3/c1-12(23)13-4-6-14(7-5-13)21-17(24)16-8-9-19-18(22-16)20-11-15-3-2-10-25-15/h2-10H,11H2,1H3,(H,21,24)(H,19,20,22). The second kappa shape index (κ2) is 7.39.